The van der Waals surface area contributed by atoms with Crippen LogP contribution in [-0.4, -0.2) is 18.4 Å². The Bertz CT molecular complexity index is 606. The molecule has 0 aromatic heterocycles. The minimum Gasteiger partial charge on any atom is -0.460 e. The Morgan fingerprint density at radius 3 is 2.33 bits per heavy atom. The summed E-state index contributed by atoms with van der Waals surface area (Å²) in [5, 5.41) is 2.53. The molecule has 0 unspecified atom stereocenters. The summed E-state index contributed by atoms with van der Waals surface area (Å²) in [5.41, 5.74) is 2.59. The molecule has 108 valence electrons. The van der Waals surface area contributed by atoms with Crippen LogP contribution in [0.2, 0.25) is 0 Å². The van der Waals surface area contributed by atoms with Crippen molar-refractivity contribution in [2.75, 3.05) is 6.54 Å². The number of hydrogen-bond donors (Lipinski definition) is 1. The summed E-state index contributed by atoms with van der Waals surface area (Å²) in [5.74, 6) is -0.747. The largest absolute Gasteiger partial charge is 0.460 e. The third-order valence-corrected chi connectivity index (χ3v) is 2.95. The molecule has 2 aromatic carbocycles. The first-order valence-electron chi connectivity index (χ1n) is 6.69. The van der Waals surface area contributed by atoms with Crippen LogP contribution in [0.15, 0.2) is 54.6 Å². The fourth-order valence-corrected chi connectivity index (χ4v) is 1.74. The highest BCUT2D eigenvalue weighted by molar-refractivity contribution is 5.95. The van der Waals surface area contributed by atoms with Crippen LogP contribution in [0, 0.1) is 6.92 Å². The van der Waals surface area contributed by atoms with Gasteiger partial charge in [0.15, 0.2) is 0 Å². The predicted molar refractivity (Wildman–Crippen MR) is 79.8 cm³/mol. The molecule has 0 bridgehead atoms. The fraction of sp³-hybridized carbons (Fsp3) is 0.176. The minimum absolute atomic E-state index is 0.139. The van der Waals surface area contributed by atoms with Crippen LogP contribution in [0.5, 0.6) is 0 Å². The summed E-state index contributed by atoms with van der Waals surface area (Å²) in [6.07, 6.45) is 0. The molecule has 1 amide bonds. The molecule has 0 aliphatic carbocycles. The van der Waals surface area contributed by atoms with Gasteiger partial charge < -0.3 is 10.1 Å². The number of hydrogen-bond acceptors (Lipinski definition) is 3. The number of carbonyl (C=O) groups excluding carboxylic acids is 2. The van der Waals surface area contributed by atoms with E-state index in [0.29, 0.717) is 5.56 Å². The lowest BCUT2D eigenvalue weighted by Gasteiger charge is -2.07. The van der Waals surface area contributed by atoms with Crippen molar-refractivity contribution in [1.82, 2.24) is 5.32 Å². The average molecular weight is 283 g/mol. The lowest BCUT2D eigenvalue weighted by atomic mass is 10.2. The van der Waals surface area contributed by atoms with Crippen molar-refractivity contribution in [1.29, 1.82) is 0 Å². The van der Waals surface area contributed by atoms with E-state index in [1.165, 1.54) is 0 Å². The van der Waals surface area contributed by atoms with Crippen LogP contribution in [0.4, 0.5) is 0 Å². The number of nitrogens with one attached hydrogen (secondary N) is 1. The molecule has 1 N–H and O–H groups in total. The lowest BCUT2D eigenvalue weighted by Crippen LogP contribution is -2.30. The second-order valence-corrected chi connectivity index (χ2v) is 4.69. The summed E-state index contributed by atoms with van der Waals surface area (Å²) >= 11 is 0. The van der Waals surface area contributed by atoms with Gasteiger partial charge in [-0.05, 0) is 24.6 Å². The molecular formula is C17H17NO3. The number of esters is 1. The number of amides is 1. The molecule has 2 rings (SSSR count). The molecule has 0 spiro atoms. The highest BCUT2D eigenvalue weighted by Gasteiger charge is 2.08. The van der Waals surface area contributed by atoms with Gasteiger partial charge in [-0.3, -0.25) is 9.59 Å². The molecular weight excluding hydrogens is 266 g/mol. The summed E-state index contributed by atoms with van der Waals surface area (Å²) in [4.78, 5) is 23.3. The van der Waals surface area contributed by atoms with Crippen molar-refractivity contribution in [2.24, 2.45) is 0 Å². The molecule has 21 heavy (non-hydrogen) atoms. The van der Waals surface area contributed by atoms with E-state index >= 15 is 0 Å². The molecule has 2 aromatic rings. The third-order valence-electron chi connectivity index (χ3n) is 2.95. The number of rotatable bonds is 5. The first kappa shape index (κ1) is 14.8. The van der Waals surface area contributed by atoms with E-state index in [0.717, 1.165) is 11.1 Å². The van der Waals surface area contributed by atoms with Crippen molar-refractivity contribution in [3.05, 3.63) is 71.3 Å². The van der Waals surface area contributed by atoms with Crippen molar-refractivity contribution in [2.45, 2.75) is 13.5 Å². The molecule has 4 heteroatoms. The minimum atomic E-state index is -0.458. The Morgan fingerprint density at radius 1 is 1.00 bits per heavy atom. The summed E-state index contributed by atoms with van der Waals surface area (Å²) < 4.78 is 5.10. The van der Waals surface area contributed by atoms with Crippen molar-refractivity contribution >= 4 is 11.9 Å². The molecule has 4 nitrogen and oxygen atoms in total. The Labute approximate surface area is 123 Å². The Balaban J connectivity index is 1.75. The lowest BCUT2D eigenvalue weighted by molar-refractivity contribution is -0.143. The van der Waals surface area contributed by atoms with E-state index in [9.17, 15) is 9.59 Å². The van der Waals surface area contributed by atoms with E-state index in [1.54, 1.807) is 24.3 Å². The van der Waals surface area contributed by atoms with Crippen LogP contribution in [0.3, 0.4) is 0 Å². The van der Waals surface area contributed by atoms with E-state index < -0.39 is 5.97 Å². The summed E-state index contributed by atoms with van der Waals surface area (Å²) in [6.45, 7) is 2.06. The first-order valence-corrected chi connectivity index (χ1v) is 6.69. The zero-order valence-corrected chi connectivity index (χ0v) is 11.8. The van der Waals surface area contributed by atoms with Crippen LogP contribution in [0.25, 0.3) is 0 Å². The molecule has 0 saturated heterocycles. The maximum absolute atomic E-state index is 11.7. The second-order valence-electron chi connectivity index (χ2n) is 4.69. The van der Waals surface area contributed by atoms with Gasteiger partial charge in [0.1, 0.15) is 13.2 Å². The fourth-order valence-electron chi connectivity index (χ4n) is 1.74. The standard InChI is InChI=1S/C17H17NO3/c1-13-7-9-14(10-8-13)12-21-16(19)11-18-17(20)15-5-3-2-4-6-15/h2-10H,11-12H2,1H3,(H,18,20). The van der Waals surface area contributed by atoms with E-state index in [-0.39, 0.29) is 19.1 Å². The normalized spacial score (nSPS) is 9.95. The Morgan fingerprint density at radius 2 is 1.67 bits per heavy atom. The molecule has 0 atom stereocenters. The van der Waals surface area contributed by atoms with Crippen LogP contribution < -0.4 is 5.32 Å². The van der Waals surface area contributed by atoms with Gasteiger partial charge in [0.2, 0.25) is 0 Å². The quantitative estimate of drug-likeness (QED) is 0.858. The molecule has 0 heterocycles. The maximum atomic E-state index is 11.7. The highest BCUT2D eigenvalue weighted by Crippen LogP contribution is 2.04. The van der Waals surface area contributed by atoms with Crippen LogP contribution in [-0.2, 0) is 16.1 Å². The topological polar surface area (TPSA) is 55.4 Å². The Hall–Kier alpha value is -2.62. The second kappa shape index (κ2) is 7.24. The Kier molecular flexibility index (Phi) is 5.10. The van der Waals surface area contributed by atoms with Gasteiger partial charge in [-0.15, -0.1) is 0 Å². The van der Waals surface area contributed by atoms with Gasteiger partial charge in [0, 0.05) is 5.56 Å². The van der Waals surface area contributed by atoms with Gasteiger partial charge in [-0.2, -0.15) is 0 Å². The molecule has 0 aliphatic heterocycles. The van der Waals surface area contributed by atoms with E-state index in [4.69, 9.17) is 4.74 Å². The number of carbonyl (C=O) groups is 2. The van der Waals surface area contributed by atoms with Gasteiger partial charge in [-0.1, -0.05) is 48.0 Å². The molecule has 0 radical (unpaired) electrons. The van der Waals surface area contributed by atoms with Gasteiger partial charge in [-0.25, -0.2) is 0 Å². The monoisotopic (exact) mass is 283 g/mol. The van der Waals surface area contributed by atoms with Crippen LogP contribution >= 0.6 is 0 Å². The van der Waals surface area contributed by atoms with E-state index in [1.807, 2.05) is 37.3 Å². The van der Waals surface area contributed by atoms with Crippen molar-refractivity contribution in [3.8, 4) is 0 Å². The van der Waals surface area contributed by atoms with Crippen molar-refractivity contribution < 1.29 is 14.3 Å². The van der Waals surface area contributed by atoms with Gasteiger partial charge in [0.25, 0.3) is 5.91 Å². The SMILES string of the molecule is Cc1ccc(COC(=O)CNC(=O)c2ccccc2)cc1. The molecule has 0 saturated carbocycles. The zero-order chi connectivity index (χ0) is 15.1. The predicted octanol–water partition coefficient (Wildman–Crippen LogP) is 2.47. The summed E-state index contributed by atoms with van der Waals surface area (Å²) in [6, 6.07) is 16.5. The maximum Gasteiger partial charge on any atom is 0.325 e. The summed E-state index contributed by atoms with van der Waals surface area (Å²) in [7, 11) is 0. The molecule has 0 fully saturated rings. The number of aryl methyl sites for hydroxylation is 1. The van der Waals surface area contributed by atoms with Gasteiger partial charge in [0.05, 0.1) is 0 Å². The van der Waals surface area contributed by atoms with Crippen LogP contribution in [0.1, 0.15) is 21.5 Å². The third kappa shape index (κ3) is 4.76. The first-order chi connectivity index (χ1) is 10.1. The number of benzene rings is 2. The average Bonchev–Trinajstić information content (AvgIpc) is 2.53. The number of ether oxygens (including phenoxy) is 1. The zero-order valence-electron chi connectivity index (χ0n) is 11.8. The van der Waals surface area contributed by atoms with Crippen molar-refractivity contribution in [3.63, 3.8) is 0 Å². The van der Waals surface area contributed by atoms with Gasteiger partial charge >= 0.3 is 5.97 Å². The smallest absolute Gasteiger partial charge is 0.325 e. The molecule has 0 aliphatic rings. The highest BCUT2D eigenvalue weighted by atomic mass is 16.5. The van der Waals surface area contributed by atoms with E-state index in [2.05, 4.69) is 5.32 Å².